The largest absolute Gasteiger partial charge is 0.379 e. The Morgan fingerprint density at radius 3 is 2.50 bits per heavy atom. The molecule has 0 aromatic carbocycles. The van der Waals surface area contributed by atoms with Gasteiger partial charge in [0, 0.05) is 43.8 Å². The second-order valence-electron chi connectivity index (χ2n) is 6.51. The fourth-order valence-corrected chi connectivity index (χ4v) is 3.02. The number of nitrogens with one attached hydrogen (secondary N) is 1. The van der Waals surface area contributed by atoms with E-state index in [1.54, 1.807) is 0 Å². The van der Waals surface area contributed by atoms with Crippen LogP contribution in [0.5, 0.6) is 0 Å². The molecule has 2 atom stereocenters. The Morgan fingerprint density at radius 1 is 1.28 bits per heavy atom. The first kappa shape index (κ1) is 14.3. The lowest BCUT2D eigenvalue weighted by Gasteiger charge is -2.41. The van der Waals surface area contributed by atoms with Gasteiger partial charge in [-0.1, -0.05) is 0 Å². The average molecular weight is 255 g/mol. The Bertz CT molecular complexity index is 254. The molecule has 0 saturated carbocycles. The fourth-order valence-electron chi connectivity index (χ4n) is 3.02. The minimum atomic E-state index is 0.230. The van der Waals surface area contributed by atoms with Crippen LogP contribution in [0.2, 0.25) is 0 Å². The van der Waals surface area contributed by atoms with Crippen molar-refractivity contribution < 1.29 is 4.74 Å². The van der Waals surface area contributed by atoms with Gasteiger partial charge in [0.15, 0.2) is 0 Å². The minimum Gasteiger partial charge on any atom is -0.379 e. The van der Waals surface area contributed by atoms with Crippen molar-refractivity contribution in [1.82, 2.24) is 15.1 Å². The summed E-state index contributed by atoms with van der Waals surface area (Å²) in [6, 6.07) is 1.37. The van der Waals surface area contributed by atoms with Crippen LogP contribution in [-0.4, -0.2) is 73.9 Å². The van der Waals surface area contributed by atoms with E-state index in [0.29, 0.717) is 12.1 Å². The summed E-state index contributed by atoms with van der Waals surface area (Å²) in [6.07, 6.45) is 1.27. The molecule has 106 valence electrons. The highest BCUT2D eigenvalue weighted by Crippen LogP contribution is 2.18. The van der Waals surface area contributed by atoms with Gasteiger partial charge in [0.05, 0.1) is 13.2 Å². The molecule has 2 rings (SSSR count). The van der Waals surface area contributed by atoms with Gasteiger partial charge in [0.2, 0.25) is 0 Å². The number of rotatable bonds is 4. The minimum absolute atomic E-state index is 0.230. The first-order valence-corrected chi connectivity index (χ1v) is 7.25. The number of hydrogen-bond acceptors (Lipinski definition) is 4. The van der Waals surface area contributed by atoms with Gasteiger partial charge in [-0.25, -0.2) is 0 Å². The lowest BCUT2D eigenvalue weighted by molar-refractivity contribution is -0.0102. The second kappa shape index (κ2) is 5.87. The fraction of sp³-hybridized carbons (Fsp3) is 1.00. The molecule has 1 N–H and O–H groups in total. The highest BCUT2D eigenvalue weighted by molar-refractivity contribution is 4.90. The molecule has 4 heteroatoms. The Morgan fingerprint density at radius 2 is 1.94 bits per heavy atom. The number of morpholine rings is 1. The number of likely N-dealkylation sites (tertiary alicyclic amines) is 1. The Balaban J connectivity index is 1.77. The van der Waals surface area contributed by atoms with Crippen LogP contribution in [0.25, 0.3) is 0 Å². The van der Waals surface area contributed by atoms with Gasteiger partial charge >= 0.3 is 0 Å². The maximum absolute atomic E-state index is 5.43. The molecule has 2 saturated heterocycles. The van der Waals surface area contributed by atoms with Crippen molar-refractivity contribution in [3.05, 3.63) is 0 Å². The summed E-state index contributed by atoms with van der Waals surface area (Å²) < 4.78 is 5.43. The molecular weight excluding hydrogens is 226 g/mol. The Hall–Kier alpha value is -0.160. The van der Waals surface area contributed by atoms with Crippen molar-refractivity contribution in [2.24, 2.45) is 0 Å². The normalized spacial score (nSPS) is 32.0. The number of likely N-dealkylation sites (N-methyl/N-ethyl adjacent to an activating group) is 1. The Labute approximate surface area is 112 Å². The summed E-state index contributed by atoms with van der Waals surface area (Å²) in [5.41, 5.74) is 0.230. The van der Waals surface area contributed by atoms with E-state index in [1.165, 1.54) is 13.0 Å². The van der Waals surface area contributed by atoms with Crippen molar-refractivity contribution in [2.45, 2.75) is 44.8 Å². The maximum Gasteiger partial charge on any atom is 0.0594 e. The van der Waals surface area contributed by atoms with Gasteiger partial charge in [-0.3, -0.25) is 4.90 Å². The molecular formula is C14H29N3O. The van der Waals surface area contributed by atoms with Crippen molar-refractivity contribution in [1.29, 1.82) is 0 Å². The van der Waals surface area contributed by atoms with Crippen LogP contribution in [-0.2, 0) is 4.74 Å². The Kier molecular flexibility index (Phi) is 4.64. The SMILES string of the molecule is CC1CC(NCC(C)(C)N2CCOCC2)CN1C. The molecule has 0 radical (unpaired) electrons. The standard InChI is InChI=1S/C14H29N3O/c1-12-9-13(10-16(12)4)15-11-14(2,3)17-5-7-18-8-6-17/h12-13,15H,5-11H2,1-4H3. The maximum atomic E-state index is 5.43. The molecule has 0 spiro atoms. The number of nitrogens with zero attached hydrogens (tertiary/aromatic N) is 2. The number of ether oxygens (including phenoxy) is 1. The molecule has 0 bridgehead atoms. The molecule has 0 aliphatic carbocycles. The lowest BCUT2D eigenvalue weighted by atomic mass is 10.0. The van der Waals surface area contributed by atoms with Gasteiger partial charge in [-0.15, -0.1) is 0 Å². The zero-order valence-electron chi connectivity index (χ0n) is 12.4. The quantitative estimate of drug-likeness (QED) is 0.803. The second-order valence-corrected chi connectivity index (χ2v) is 6.51. The summed E-state index contributed by atoms with van der Waals surface area (Å²) in [4.78, 5) is 4.99. The van der Waals surface area contributed by atoms with E-state index in [4.69, 9.17) is 4.74 Å². The summed E-state index contributed by atoms with van der Waals surface area (Å²) in [5, 5.41) is 3.76. The molecule has 2 aliphatic rings. The molecule has 2 aliphatic heterocycles. The van der Waals surface area contributed by atoms with E-state index in [9.17, 15) is 0 Å². The van der Waals surface area contributed by atoms with Crippen LogP contribution >= 0.6 is 0 Å². The predicted octanol–water partition coefficient (Wildman–Crippen LogP) is 0.779. The van der Waals surface area contributed by atoms with Crippen LogP contribution in [0.3, 0.4) is 0 Å². The lowest BCUT2D eigenvalue weighted by Crippen LogP contribution is -2.56. The molecule has 2 unspecified atom stereocenters. The van der Waals surface area contributed by atoms with E-state index < -0.39 is 0 Å². The van der Waals surface area contributed by atoms with Gasteiger partial charge in [0.1, 0.15) is 0 Å². The van der Waals surface area contributed by atoms with E-state index in [2.05, 4.69) is 42.9 Å². The smallest absolute Gasteiger partial charge is 0.0594 e. The van der Waals surface area contributed by atoms with Crippen molar-refractivity contribution in [3.63, 3.8) is 0 Å². The zero-order chi connectivity index (χ0) is 13.2. The van der Waals surface area contributed by atoms with Gasteiger partial charge in [0.25, 0.3) is 0 Å². The van der Waals surface area contributed by atoms with Crippen LogP contribution < -0.4 is 5.32 Å². The first-order chi connectivity index (χ1) is 8.49. The molecule has 0 aromatic rings. The molecule has 18 heavy (non-hydrogen) atoms. The molecule has 2 fully saturated rings. The first-order valence-electron chi connectivity index (χ1n) is 7.25. The average Bonchev–Trinajstić information content (AvgIpc) is 2.68. The van der Waals surface area contributed by atoms with E-state index in [-0.39, 0.29) is 5.54 Å². The summed E-state index contributed by atoms with van der Waals surface area (Å²) in [5.74, 6) is 0. The monoisotopic (exact) mass is 255 g/mol. The molecule has 4 nitrogen and oxygen atoms in total. The molecule has 0 amide bonds. The highest BCUT2D eigenvalue weighted by atomic mass is 16.5. The van der Waals surface area contributed by atoms with Crippen LogP contribution in [0.15, 0.2) is 0 Å². The third-order valence-electron chi connectivity index (χ3n) is 4.58. The van der Waals surface area contributed by atoms with Crippen LogP contribution in [0, 0.1) is 0 Å². The topological polar surface area (TPSA) is 27.7 Å². The van der Waals surface area contributed by atoms with Crippen LogP contribution in [0.4, 0.5) is 0 Å². The van der Waals surface area contributed by atoms with E-state index >= 15 is 0 Å². The van der Waals surface area contributed by atoms with E-state index in [1.807, 2.05) is 0 Å². The summed E-state index contributed by atoms with van der Waals surface area (Å²) in [6.45, 7) is 13.1. The number of hydrogen-bond donors (Lipinski definition) is 1. The summed E-state index contributed by atoms with van der Waals surface area (Å²) >= 11 is 0. The third-order valence-corrected chi connectivity index (χ3v) is 4.58. The zero-order valence-corrected chi connectivity index (χ0v) is 12.4. The van der Waals surface area contributed by atoms with Gasteiger partial charge in [-0.2, -0.15) is 0 Å². The van der Waals surface area contributed by atoms with E-state index in [0.717, 1.165) is 32.8 Å². The van der Waals surface area contributed by atoms with Crippen LogP contribution in [0.1, 0.15) is 27.2 Å². The van der Waals surface area contributed by atoms with Crippen molar-refractivity contribution in [2.75, 3.05) is 46.4 Å². The predicted molar refractivity (Wildman–Crippen MR) is 75.0 cm³/mol. The molecule has 0 aromatic heterocycles. The highest BCUT2D eigenvalue weighted by Gasteiger charge is 2.31. The van der Waals surface area contributed by atoms with Crippen molar-refractivity contribution >= 4 is 0 Å². The molecule has 2 heterocycles. The van der Waals surface area contributed by atoms with Gasteiger partial charge in [-0.05, 0) is 34.2 Å². The summed E-state index contributed by atoms with van der Waals surface area (Å²) in [7, 11) is 2.22. The van der Waals surface area contributed by atoms with Crippen molar-refractivity contribution in [3.8, 4) is 0 Å². The third kappa shape index (κ3) is 3.44. The van der Waals surface area contributed by atoms with Gasteiger partial charge < -0.3 is 15.0 Å².